The number of alkyl halides is 3. The first-order chi connectivity index (χ1) is 13.8. The molecule has 0 bridgehead atoms. The van der Waals surface area contributed by atoms with Gasteiger partial charge >= 0.3 is 6.18 Å². The lowest BCUT2D eigenvalue weighted by Gasteiger charge is -2.19. The third kappa shape index (κ3) is 3.85. The van der Waals surface area contributed by atoms with Crippen molar-refractivity contribution in [3.05, 3.63) is 53.9 Å². The fourth-order valence-electron chi connectivity index (χ4n) is 3.29. The molecule has 0 spiro atoms. The minimum Gasteiger partial charge on any atom is -0.486 e. The molecule has 6 nitrogen and oxygen atoms in total. The van der Waals surface area contributed by atoms with E-state index in [1.54, 1.807) is 6.92 Å². The molecule has 152 valence electrons. The molecule has 0 saturated carbocycles. The molecule has 0 aliphatic carbocycles. The van der Waals surface area contributed by atoms with E-state index in [4.69, 9.17) is 9.47 Å². The number of ether oxygens (including phenoxy) is 2. The number of carbonyl (C=O) groups excluding carboxylic acids is 1. The summed E-state index contributed by atoms with van der Waals surface area (Å²) in [5.41, 5.74) is 1.10. The lowest BCUT2D eigenvalue weighted by atomic mass is 10.1. The standard InChI is InChI=1S/C20H18F3N3O3/c1-12(13-5-3-2-4-6-13)24-18(27)11-26-15-10-17-16(28-7-8-29-17)9-14(15)25-19(26)20(21,22)23/h2-6,9-10,12H,7-8,11H2,1H3,(H,24,27)/t12-/m1/s1. The summed E-state index contributed by atoms with van der Waals surface area (Å²) in [6, 6.07) is 11.7. The molecule has 1 aromatic heterocycles. The van der Waals surface area contributed by atoms with E-state index in [2.05, 4.69) is 10.3 Å². The van der Waals surface area contributed by atoms with Gasteiger partial charge in [0.2, 0.25) is 11.7 Å². The van der Waals surface area contributed by atoms with Gasteiger partial charge in [-0.2, -0.15) is 13.2 Å². The van der Waals surface area contributed by atoms with Crippen LogP contribution in [0.15, 0.2) is 42.5 Å². The number of hydrogen-bond acceptors (Lipinski definition) is 4. The Morgan fingerprint density at radius 1 is 1.17 bits per heavy atom. The molecule has 1 atom stereocenters. The number of benzene rings is 2. The van der Waals surface area contributed by atoms with Gasteiger partial charge in [-0.25, -0.2) is 4.98 Å². The Hall–Kier alpha value is -3.23. The highest BCUT2D eigenvalue weighted by molar-refractivity contribution is 5.84. The van der Waals surface area contributed by atoms with E-state index in [9.17, 15) is 18.0 Å². The van der Waals surface area contributed by atoms with Crippen LogP contribution in [0.25, 0.3) is 11.0 Å². The third-order valence-electron chi connectivity index (χ3n) is 4.64. The second-order valence-electron chi connectivity index (χ2n) is 6.70. The third-order valence-corrected chi connectivity index (χ3v) is 4.64. The first-order valence-corrected chi connectivity index (χ1v) is 9.04. The molecule has 1 N–H and O–H groups in total. The van der Waals surface area contributed by atoms with Crippen molar-refractivity contribution >= 4 is 16.9 Å². The molecule has 2 aromatic carbocycles. The first kappa shape index (κ1) is 19.1. The van der Waals surface area contributed by atoms with Gasteiger partial charge in [0.05, 0.1) is 17.1 Å². The van der Waals surface area contributed by atoms with E-state index in [-0.39, 0.29) is 17.1 Å². The number of hydrogen-bond donors (Lipinski definition) is 1. The summed E-state index contributed by atoms with van der Waals surface area (Å²) in [4.78, 5) is 16.2. The van der Waals surface area contributed by atoms with Crippen molar-refractivity contribution in [2.45, 2.75) is 25.7 Å². The smallest absolute Gasteiger partial charge is 0.449 e. The minimum absolute atomic E-state index is 0.0884. The molecule has 1 amide bonds. The van der Waals surface area contributed by atoms with Crippen molar-refractivity contribution in [3.8, 4) is 11.5 Å². The quantitative estimate of drug-likeness (QED) is 0.719. The Morgan fingerprint density at radius 3 is 2.48 bits per heavy atom. The molecule has 3 aromatic rings. The van der Waals surface area contributed by atoms with Gasteiger partial charge in [-0.15, -0.1) is 0 Å². The van der Waals surface area contributed by atoms with Crippen molar-refractivity contribution < 1.29 is 27.4 Å². The van der Waals surface area contributed by atoms with Crippen LogP contribution in [-0.4, -0.2) is 28.7 Å². The zero-order chi connectivity index (χ0) is 20.6. The van der Waals surface area contributed by atoms with Crippen molar-refractivity contribution in [1.29, 1.82) is 0 Å². The van der Waals surface area contributed by atoms with Crippen LogP contribution in [0.4, 0.5) is 13.2 Å². The monoisotopic (exact) mass is 405 g/mol. The zero-order valence-corrected chi connectivity index (χ0v) is 15.5. The molecule has 1 aliphatic heterocycles. The van der Waals surface area contributed by atoms with Gasteiger partial charge in [0.25, 0.3) is 0 Å². The van der Waals surface area contributed by atoms with E-state index >= 15 is 0 Å². The van der Waals surface area contributed by atoms with Crippen LogP contribution < -0.4 is 14.8 Å². The van der Waals surface area contributed by atoms with E-state index < -0.39 is 24.5 Å². The van der Waals surface area contributed by atoms with Crippen LogP contribution in [0.2, 0.25) is 0 Å². The number of aromatic nitrogens is 2. The predicted octanol–water partition coefficient (Wildman–Crippen LogP) is 3.70. The van der Waals surface area contributed by atoms with Gasteiger partial charge in [0, 0.05) is 12.1 Å². The first-order valence-electron chi connectivity index (χ1n) is 9.04. The summed E-state index contributed by atoms with van der Waals surface area (Å²) < 4.78 is 52.4. The Balaban J connectivity index is 1.67. The van der Waals surface area contributed by atoms with Crippen molar-refractivity contribution in [2.24, 2.45) is 0 Å². The number of halogens is 3. The highest BCUT2D eigenvalue weighted by Crippen LogP contribution is 2.38. The Morgan fingerprint density at radius 2 is 1.83 bits per heavy atom. The van der Waals surface area contributed by atoms with Gasteiger partial charge in [-0.1, -0.05) is 30.3 Å². The summed E-state index contributed by atoms with van der Waals surface area (Å²) in [7, 11) is 0. The summed E-state index contributed by atoms with van der Waals surface area (Å²) in [5.74, 6) is -1.03. The molecule has 0 unspecified atom stereocenters. The summed E-state index contributed by atoms with van der Waals surface area (Å²) in [5, 5.41) is 2.73. The number of imidazole rings is 1. The lowest BCUT2D eigenvalue weighted by Crippen LogP contribution is -2.31. The molecule has 1 aliphatic rings. The number of rotatable bonds is 4. The topological polar surface area (TPSA) is 65.4 Å². The van der Waals surface area contributed by atoms with Gasteiger partial charge in [-0.05, 0) is 12.5 Å². The van der Waals surface area contributed by atoms with E-state index in [1.165, 1.54) is 12.1 Å². The predicted molar refractivity (Wildman–Crippen MR) is 98.7 cm³/mol. The minimum atomic E-state index is -4.72. The Labute approximate surface area is 164 Å². The molecular weight excluding hydrogens is 387 g/mol. The summed E-state index contributed by atoms with van der Waals surface area (Å²) in [6.07, 6.45) is -4.72. The molecule has 4 rings (SSSR count). The Bertz CT molecular complexity index is 1050. The van der Waals surface area contributed by atoms with Crippen LogP contribution in [0, 0.1) is 0 Å². The average Bonchev–Trinajstić information content (AvgIpc) is 3.04. The number of nitrogens with one attached hydrogen (secondary N) is 1. The second kappa shape index (κ2) is 7.31. The van der Waals surface area contributed by atoms with Crippen LogP contribution >= 0.6 is 0 Å². The highest BCUT2D eigenvalue weighted by atomic mass is 19.4. The molecule has 29 heavy (non-hydrogen) atoms. The number of amides is 1. The van der Waals surface area contributed by atoms with Crippen molar-refractivity contribution in [3.63, 3.8) is 0 Å². The maximum Gasteiger partial charge on any atom is 0.449 e. The van der Waals surface area contributed by atoms with Crippen molar-refractivity contribution in [2.75, 3.05) is 13.2 Å². The lowest BCUT2D eigenvalue weighted by molar-refractivity contribution is -0.147. The molecule has 9 heteroatoms. The largest absolute Gasteiger partial charge is 0.486 e. The number of nitrogens with zero attached hydrogens (tertiary/aromatic N) is 2. The highest BCUT2D eigenvalue weighted by Gasteiger charge is 2.38. The zero-order valence-electron chi connectivity index (χ0n) is 15.5. The average molecular weight is 405 g/mol. The van der Waals surface area contributed by atoms with Crippen LogP contribution in [-0.2, 0) is 17.5 Å². The molecule has 0 saturated heterocycles. The Kier molecular flexibility index (Phi) is 4.81. The summed E-state index contributed by atoms with van der Waals surface area (Å²) >= 11 is 0. The van der Waals surface area contributed by atoms with E-state index in [0.717, 1.165) is 10.1 Å². The normalized spacial score (nSPS) is 14.6. The SMILES string of the molecule is C[C@@H](NC(=O)Cn1c(C(F)(F)F)nc2cc3c(cc21)OCCO3)c1ccccc1. The van der Waals surface area contributed by atoms with E-state index in [0.29, 0.717) is 24.7 Å². The number of fused-ring (bicyclic) bond motifs is 2. The summed E-state index contributed by atoms with van der Waals surface area (Å²) in [6.45, 7) is 1.85. The van der Waals surface area contributed by atoms with Gasteiger partial charge < -0.3 is 19.4 Å². The van der Waals surface area contributed by atoms with Crippen LogP contribution in [0.5, 0.6) is 11.5 Å². The molecular formula is C20H18F3N3O3. The number of carbonyl (C=O) groups is 1. The van der Waals surface area contributed by atoms with Crippen molar-refractivity contribution in [1.82, 2.24) is 14.9 Å². The maximum absolute atomic E-state index is 13.6. The van der Waals surface area contributed by atoms with Crippen LogP contribution in [0.1, 0.15) is 24.4 Å². The van der Waals surface area contributed by atoms with Gasteiger partial charge in [0.15, 0.2) is 11.5 Å². The van der Waals surface area contributed by atoms with Gasteiger partial charge in [-0.3, -0.25) is 4.79 Å². The fraction of sp³-hybridized carbons (Fsp3) is 0.300. The maximum atomic E-state index is 13.6. The van der Waals surface area contributed by atoms with Gasteiger partial charge in [0.1, 0.15) is 19.8 Å². The second-order valence-corrected chi connectivity index (χ2v) is 6.70. The van der Waals surface area contributed by atoms with Crippen LogP contribution in [0.3, 0.4) is 0 Å². The molecule has 0 fully saturated rings. The molecule has 2 heterocycles. The van der Waals surface area contributed by atoms with E-state index in [1.807, 2.05) is 30.3 Å². The molecule has 0 radical (unpaired) electrons. The fourth-order valence-corrected chi connectivity index (χ4v) is 3.29.